The van der Waals surface area contributed by atoms with Crippen LogP contribution in [0.25, 0.3) is 0 Å². The van der Waals surface area contributed by atoms with Gasteiger partial charge < -0.3 is 19.9 Å². The molecule has 2 N–H and O–H groups in total. The Bertz CT molecular complexity index is 414. The number of aliphatic hydroxyl groups excluding tert-OH is 1. The molecule has 0 aliphatic carbocycles. The molecule has 0 heterocycles. The summed E-state index contributed by atoms with van der Waals surface area (Å²) in [4.78, 5) is 11.0. The van der Waals surface area contributed by atoms with E-state index in [2.05, 4.69) is 5.32 Å². The van der Waals surface area contributed by atoms with Crippen molar-refractivity contribution in [2.45, 2.75) is 19.6 Å². The summed E-state index contributed by atoms with van der Waals surface area (Å²) in [6.45, 7) is 2.46. The Morgan fingerprint density at radius 1 is 1.45 bits per heavy atom. The maximum absolute atomic E-state index is 13.3. The quantitative estimate of drug-likeness (QED) is 0.659. The van der Waals surface area contributed by atoms with Gasteiger partial charge in [0.2, 0.25) is 0 Å². The SMILES string of the molecule is CCOC(=O)CNCC(O)COCc1ccccc1F. The highest BCUT2D eigenvalue weighted by Crippen LogP contribution is 2.07. The summed E-state index contributed by atoms with van der Waals surface area (Å²) < 4.78 is 23.2. The predicted octanol–water partition coefficient (Wildman–Crippen LogP) is 0.856. The van der Waals surface area contributed by atoms with Crippen molar-refractivity contribution in [1.29, 1.82) is 0 Å². The van der Waals surface area contributed by atoms with Gasteiger partial charge in [-0.2, -0.15) is 0 Å². The maximum Gasteiger partial charge on any atom is 0.319 e. The van der Waals surface area contributed by atoms with Crippen LogP contribution < -0.4 is 5.32 Å². The van der Waals surface area contributed by atoms with Gasteiger partial charge in [0, 0.05) is 12.1 Å². The molecule has 6 heteroatoms. The van der Waals surface area contributed by atoms with E-state index in [4.69, 9.17) is 9.47 Å². The predicted molar refractivity (Wildman–Crippen MR) is 71.6 cm³/mol. The van der Waals surface area contributed by atoms with Crippen LogP contribution in [-0.4, -0.2) is 43.5 Å². The monoisotopic (exact) mass is 285 g/mol. The topological polar surface area (TPSA) is 67.8 Å². The Hall–Kier alpha value is -1.50. The van der Waals surface area contributed by atoms with E-state index in [1.807, 2.05) is 0 Å². The molecule has 0 radical (unpaired) electrons. The van der Waals surface area contributed by atoms with Crippen LogP contribution in [0.2, 0.25) is 0 Å². The van der Waals surface area contributed by atoms with E-state index in [1.54, 1.807) is 25.1 Å². The van der Waals surface area contributed by atoms with Crippen molar-refractivity contribution in [1.82, 2.24) is 5.32 Å². The van der Waals surface area contributed by atoms with E-state index >= 15 is 0 Å². The third-order valence-electron chi connectivity index (χ3n) is 2.48. The molecule has 1 rings (SSSR count). The number of aliphatic hydroxyl groups is 1. The minimum atomic E-state index is -0.767. The summed E-state index contributed by atoms with van der Waals surface area (Å²) in [6.07, 6.45) is -0.767. The number of hydrogen-bond donors (Lipinski definition) is 2. The van der Waals surface area contributed by atoms with Crippen LogP contribution >= 0.6 is 0 Å². The maximum atomic E-state index is 13.3. The van der Waals surface area contributed by atoms with E-state index in [9.17, 15) is 14.3 Å². The van der Waals surface area contributed by atoms with Crippen LogP contribution in [0.15, 0.2) is 24.3 Å². The highest BCUT2D eigenvalue weighted by Gasteiger charge is 2.07. The standard InChI is InChI=1S/C14H20FNO4/c1-2-20-14(18)8-16-7-12(17)10-19-9-11-5-3-4-6-13(11)15/h3-6,12,16-17H,2,7-10H2,1H3. The summed E-state index contributed by atoms with van der Waals surface area (Å²) >= 11 is 0. The summed E-state index contributed by atoms with van der Waals surface area (Å²) in [5, 5.41) is 12.4. The molecular weight excluding hydrogens is 265 g/mol. The van der Waals surface area contributed by atoms with Crippen molar-refractivity contribution < 1.29 is 23.8 Å². The van der Waals surface area contributed by atoms with Gasteiger partial charge >= 0.3 is 5.97 Å². The van der Waals surface area contributed by atoms with Gasteiger partial charge in [0.1, 0.15) is 5.82 Å². The fraction of sp³-hybridized carbons (Fsp3) is 0.500. The molecule has 0 fully saturated rings. The number of halogens is 1. The van der Waals surface area contributed by atoms with E-state index in [0.29, 0.717) is 12.2 Å². The zero-order valence-corrected chi connectivity index (χ0v) is 11.5. The van der Waals surface area contributed by atoms with Crippen LogP contribution in [0.5, 0.6) is 0 Å². The molecule has 1 unspecified atom stereocenters. The highest BCUT2D eigenvalue weighted by atomic mass is 19.1. The van der Waals surface area contributed by atoms with Gasteiger partial charge in [-0.3, -0.25) is 4.79 Å². The van der Waals surface area contributed by atoms with Gasteiger partial charge in [-0.05, 0) is 13.0 Å². The van der Waals surface area contributed by atoms with E-state index < -0.39 is 6.10 Å². The minimum absolute atomic E-state index is 0.0399. The second kappa shape index (κ2) is 9.41. The lowest BCUT2D eigenvalue weighted by atomic mass is 10.2. The zero-order valence-electron chi connectivity index (χ0n) is 11.5. The second-order valence-electron chi connectivity index (χ2n) is 4.20. The van der Waals surface area contributed by atoms with E-state index in [-0.39, 0.29) is 38.1 Å². The van der Waals surface area contributed by atoms with E-state index in [1.165, 1.54) is 6.07 Å². The van der Waals surface area contributed by atoms with Crippen molar-refractivity contribution in [2.24, 2.45) is 0 Å². The molecule has 0 amide bonds. The Morgan fingerprint density at radius 2 is 2.20 bits per heavy atom. The fourth-order valence-electron chi connectivity index (χ4n) is 1.53. The van der Waals surface area contributed by atoms with Gasteiger partial charge in [0.05, 0.1) is 32.5 Å². The van der Waals surface area contributed by atoms with E-state index in [0.717, 1.165) is 0 Å². The Balaban J connectivity index is 2.13. The van der Waals surface area contributed by atoms with Gasteiger partial charge in [0.15, 0.2) is 0 Å². The third kappa shape index (κ3) is 6.60. The Labute approximate surface area is 117 Å². The molecule has 1 atom stereocenters. The largest absolute Gasteiger partial charge is 0.465 e. The first-order chi connectivity index (χ1) is 9.63. The number of hydrogen-bond acceptors (Lipinski definition) is 5. The number of carbonyl (C=O) groups is 1. The van der Waals surface area contributed by atoms with Crippen molar-refractivity contribution >= 4 is 5.97 Å². The number of rotatable bonds is 9. The van der Waals surface area contributed by atoms with Crippen LogP contribution in [0.1, 0.15) is 12.5 Å². The molecule has 5 nitrogen and oxygen atoms in total. The zero-order chi connectivity index (χ0) is 14.8. The number of carbonyl (C=O) groups excluding carboxylic acids is 1. The second-order valence-corrected chi connectivity index (χ2v) is 4.20. The van der Waals surface area contributed by atoms with Gasteiger partial charge in [-0.15, -0.1) is 0 Å². The first-order valence-corrected chi connectivity index (χ1v) is 6.49. The van der Waals surface area contributed by atoms with Gasteiger partial charge in [-0.1, -0.05) is 18.2 Å². The number of ether oxygens (including phenoxy) is 2. The first kappa shape index (κ1) is 16.6. The van der Waals surface area contributed by atoms with Crippen molar-refractivity contribution in [3.05, 3.63) is 35.6 Å². The summed E-state index contributed by atoms with van der Waals surface area (Å²) in [5.74, 6) is -0.700. The van der Waals surface area contributed by atoms with Crippen molar-refractivity contribution in [3.8, 4) is 0 Å². The normalized spacial score (nSPS) is 12.2. The third-order valence-corrected chi connectivity index (χ3v) is 2.48. The molecule has 0 aliphatic rings. The van der Waals surface area contributed by atoms with Crippen LogP contribution in [0.4, 0.5) is 4.39 Å². The number of esters is 1. The molecule has 0 spiro atoms. The number of nitrogens with one attached hydrogen (secondary N) is 1. The lowest BCUT2D eigenvalue weighted by Crippen LogP contribution is -2.34. The number of benzene rings is 1. The Kier molecular flexibility index (Phi) is 7.79. The summed E-state index contributed by atoms with van der Waals surface area (Å²) in [6, 6.07) is 6.31. The van der Waals surface area contributed by atoms with Crippen LogP contribution in [-0.2, 0) is 20.9 Å². The molecule has 0 saturated carbocycles. The molecule has 0 aromatic heterocycles. The fourth-order valence-corrected chi connectivity index (χ4v) is 1.53. The molecule has 1 aromatic carbocycles. The smallest absolute Gasteiger partial charge is 0.319 e. The lowest BCUT2D eigenvalue weighted by molar-refractivity contribution is -0.142. The van der Waals surface area contributed by atoms with Crippen molar-refractivity contribution in [2.75, 3.05) is 26.3 Å². The molecule has 112 valence electrons. The first-order valence-electron chi connectivity index (χ1n) is 6.49. The lowest BCUT2D eigenvalue weighted by Gasteiger charge is -2.12. The molecule has 0 aliphatic heterocycles. The van der Waals surface area contributed by atoms with Crippen molar-refractivity contribution in [3.63, 3.8) is 0 Å². The Morgan fingerprint density at radius 3 is 2.90 bits per heavy atom. The van der Waals surface area contributed by atoms with Crippen LogP contribution in [0.3, 0.4) is 0 Å². The minimum Gasteiger partial charge on any atom is -0.465 e. The summed E-state index contributed by atoms with van der Waals surface area (Å²) in [7, 11) is 0. The van der Waals surface area contributed by atoms with Crippen LogP contribution in [0, 0.1) is 5.82 Å². The van der Waals surface area contributed by atoms with Gasteiger partial charge in [-0.25, -0.2) is 4.39 Å². The summed E-state index contributed by atoms with van der Waals surface area (Å²) in [5.41, 5.74) is 0.444. The molecule has 0 saturated heterocycles. The molecule has 1 aromatic rings. The highest BCUT2D eigenvalue weighted by molar-refractivity contribution is 5.71. The molecule has 20 heavy (non-hydrogen) atoms. The molecular formula is C14H20FNO4. The van der Waals surface area contributed by atoms with Gasteiger partial charge in [0.25, 0.3) is 0 Å². The molecule has 0 bridgehead atoms. The average molecular weight is 285 g/mol. The average Bonchev–Trinajstić information content (AvgIpc) is 2.41.